The maximum absolute atomic E-state index is 10.0. The van der Waals surface area contributed by atoms with Crippen molar-refractivity contribution in [3.05, 3.63) is 16.6 Å². The van der Waals surface area contributed by atoms with Crippen LogP contribution in [0.3, 0.4) is 0 Å². The van der Waals surface area contributed by atoms with Gasteiger partial charge in [0.05, 0.1) is 16.5 Å². The zero-order valence-corrected chi connectivity index (χ0v) is 9.39. The summed E-state index contributed by atoms with van der Waals surface area (Å²) in [6.07, 6.45) is 7.57. The van der Waals surface area contributed by atoms with Gasteiger partial charge in [-0.1, -0.05) is 19.8 Å². The van der Waals surface area contributed by atoms with Crippen molar-refractivity contribution >= 4 is 11.3 Å². The first-order chi connectivity index (χ1) is 6.70. The van der Waals surface area contributed by atoms with Gasteiger partial charge in [0.2, 0.25) is 0 Å². The van der Waals surface area contributed by atoms with Crippen LogP contribution in [0.15, 0.2) is 11.7 Å². The van der Waals surface area contributed by atoms with Gasteiger partial charge < -0.3 is 5.11 Å². The van der Waals surface area contributed by atoms with Crippen LogP contribution in [0.5, 0.6) is 0 Å². The largest absolute Gasteiger partial charge is 0.387 e. The smallest absolute Gasteiger partial charge is 0.0903 e. The number of aromatic nitrogens is 1. The third kappa shape index (κ3) is 2.15. The molecule has 0 aliphatic heterocycles. The van der Waals surface area contributed by atoms with Gasteiger partial charge in [-0.25, -0.2) is 0 Å². The number of thiazole rings is 1. The summed E-state index contributed by atoms with van der Waals surface area (Å²) in [5.74, 6) is 0. The minimum atomic E-state index is -0.300. The van der Waals surface area contributed by atoms with E-state index in [1.54, 1.807) is 23.0 Å². The molecule has 1 unspecified atom stereocenters. The molecule has 1 atom stereocenters. The lowest BCUT2D eigenvalue weighted by atomic mass is 9.83. The van der Waals surface area contributed by atoms with Crippen molar-refractivity contribution in [3.8, 4) is 0 Å². The fourth-order valence-corrected chi connectivity index (χ4v) is 3.00. The van der Waals surface area contributed by atoms with Gasteiger partial charge in [0.15, 0.2) is 0 Å². The number of hydrogen-bond donors (Lipinski definition) is 1. The molecule has 14 heavy (non-hydrogen) atoms. The average Bonchev–Trinajstić information content (AvgIpc) is 2.74. The molecule has 0 radical (unpaired) electrons. The van der Waals surface area contributed by atoms with E-state index in [4.69, 9.17) is 0 Å². The second-order valence-electron chi connectivity index (χ2n) is 4.64. The Kier molecular flexibility index (Phi) is 2.88. The van der Waals surface area contributed by atoms with Crippen LogP contribution in [-0.2, 0) is 0 Å². The highest BCUT2D eigenvalue weighted by Crippen LogP contribution is 2.44. The minimum Gasteiger partial charge on any atom is -0.387 e. The first-order valence-electron chi connectivity index (χ1n) is 5.26. The van der Waals surface area contributed by atoms with E-state index in [1.165, 1.54) is 25.7 Å². The van der Waals surface area contributed by atoms with Crippen molar-refractivity contribution in [1.29, 1.82) is 0 Å². The van der Waals surface area contributed by atoms with Gasteiger partial charge in [0, 0.05) is 6.20 Å². The molecule has 1 N–H and O–H groups in total. The summed E-state index contributed by atoms with van der Waals surface area (Å²) in [6, 6.07) is 0. The topological polar surface area (TPSA) is 33.1 Å². The monoisotopic (exact) mass is 211 g/mol. The Morgan fingerprint density at radius 3 is 2.86 bits per heavy atom. The van der Waals surface area contributed by atoms with Crippen LogP contribution in [-0.4, -0.2) is 10.1 Å². The number of hydrogen-bond acceptors (Lipinski definition) is 3. The lowest BCUT2D eigenvalue weighted by Gasteiger charge is -2.25. The van der Waals surface area contributed by atoms with Crippen LogP contribution >= 0.6 is 11.3 Å². The summed E-state index contributed by atoms with van der Waals surface area (Å²) in [5.41, 5.74) is 2.15. The van der Waals surface area contributed by atoms with E-state index in [-0.39, 0.29) is 6.10 Å². The number of rotatable bonds is 3. The van der Waals surface area contributed by atoms with Gasteiger partial charge in [0.1, 0.15) is 0 Å². The third-order valence-electron chi connectivity index (χ3n) is 3.28. The Morgan fingerprint density at radius 2 is 2.29 bits per heavy atom. The zero-order valence-electron chi connectivity index (χ0n) is 8.57. The summed E-state index contributed by atoms with van der Waals surface area (Å²) in [5, 5.41) is 10.0. The molecule has 1 aromatic rings. The molecule has 0 saturated heterocycles. The maximum Gasteiger partial charge on any atom is 0.0903 e. The molecule has 1 aliphatic carbocycles. The molecule has 2 nitrogen and oxygen atoms in total. The van der Waals surface area contributed by atoms with Crippen LogP contribution in [0.2, 0.25) is 0 Å². The fourth-order valence-electron chi connectivity index (χ4n) is 2.39. The molecule has 1 heterocycles. The molecule has 3 heteroatoms. The minimum absolute atomic E-state index is 0.300. The molecule has 0 bridgehead atoms. The maximum atomic E-state index is 10.0. The molecule has 1 fully saturated rings. The predicted molar refractivity (Wildman–Crippen MR) is 58.3 cm³/mol. The van der Waals surface area contributed by atoms with E-state index in [1.807, 2.05) is 0 Å². The van der Waals surface area contributed by atoms with Gasteiger partial charge in [0.25, 0.3) is 0 Å². The van der Waals surface area contributed by atoms with Crippen LogP contribution in [0.4, 0.5) is 0 Å². The number of aliphatic hydroxyl groups is 1. The lowest BCUT2D eigenvalue weighted by Crippen LogP contribution is -2.15. The van der Waals surface area contributed by atoms with Gasteiger partial charge in [-0.05, 0) is 24.7 Å². The van der Waals surface area contributed by atoms with E-state index in [0.717, 1.165) is 11.3 Å². The Morgan fingerprint density at radius 1 is 1.57 bits per heavy atom. The van der Waals surface area contributed by atoms with Crippen molar-refractivity contribution in [2.75, 3.05) is 0 Å². The Bertz CT molecular complexity index is 277. The van der Waals surface area contributed by atoms with Crippen molar-refractivity contribution < 1.29 is 5.11 Å². The molecule has 0 spiro atoms. The van der Waals surface area contributed by atoms with Gasteiger partial charge in [-0.3, -0.25) is 4.98 Å². The molecule has 2 rings (SSSR count). The van der Waals surface area contributed by atoms with E-state index >= 15 is 0 Å². The van der Waals surface area contributed by atoms with Gasteiger partial charge in [-0.2, -0.15) is 0 Å². The van der Waals surface area contributed by atoms with E-state index in [2.05, 4.69) is 11.9 Å². The summed E-state index contributed by atoms with van der Waals surface area (Å²) >= 11 is 1.55. The van der Waals surface area contributed by atoms with Crippen LogP contribution < -0.4 is 0 Å². The molecular weight excluding hydrogens is 194 g/mol. The summed E-state index contributed by atoms with van der Waals surface area (Å²) in [6.45, 7) is 2.30. The highest BCUT2D eigenvalue weighted by atomic mass is 32.1. The highest BCUT2D eigenvalue weighted by molar-refractivity contribution is 7.09. The molecule has 1 aliphatic rings. The van der Waals surface area contributed by atoms with E-state index in [0.29, 0.717) is 5.41 Å². The Balaban J connectivity index is 1.97. The lowest BCUT2D eigenvalue weighted by molar-refractivity contribution is 0.111. The summed E-state index contributed by atoms with van der Waals surface area (Å²) < 4.78 is 0. The van der Waals surface area contributed by atoms with Gasteiger partial charge >= 0.3 is 0 Å². The van der Waals surface area contributed by atoms with Crippen molar-refractivity contribution in [1.82, 2.24) is 4.98 Å². The molecule has 1 aromatic heterocycles. The van der Waals surface area contributed by atoms with Crippen LogP contribution in [0.1, 0.15) is 50.0 Å². The van der Waals surface area contributed by atoms with Crippen LogP contribution in [0.25, 0.3) is 0 Å². The van der Waals surface area contributed by atoms with E-state index < -0.39 is 0 Å². The second kappa shape index (κ2) is 3.99. The first-order valence-corrected chi connectivity index (χ1v) is 6.14. The SMILES string of the molecule is CC1(CC(O)c2cncs2)CCCC1. The van der Waals surface area contributed by atoms with E-state index in [9.17, 15) is 5.11 Å². The van der Waals surface area contributed by atoms with Crippen molar-refractivity contribution in [2.24, 2.45) is 5.41 Å². The molecule has 78 valence electrons. The average molecular weight is 211 g/mol. The molecule has 0 aromatic carbocycles. The Labute approximate surface area is 89.0 Å². The summed E-state index contributed by atoms with van der Waals surface area (Å²) in [7, 11) is 0. The molecular formula is C11H17NOS. The molecule has 1 saturated carbocycles. The van der Waals surface area contributed by atoms with Gasteiger partial charge in [-0.15, -0.1) is 11.3 Å². The van der Waals surface area contributed by atoms with Crippen molar-refractivity contribution in [3.63, 3.8) is 0 Å². The second-order valence-corrected chi connectivity index (χ2v) is 5.56. The normalized spacial score (nSPS) is 22.4. The highest BCUT2D eigenvalue weighted by Gasteiger charge is 2.31. The third-order valence-corrected chi connectivity index (χ3v) is 4.15. The number of nitrogens with zero attached hydrogens (tertiary/aromatic N) is 1. The quantitative estimate of drug-likeness (QED) is 0.833. The molecule has 0 amide bonds. The van der Waals surface area contributed by atoms with Crippen LogP contribution in [0, 0.1) is 5.41 Å². The standard InChI is InChI=1S/C11H17NOS/c1-11(4-2-3-5-11)6-9(13)10-7-12-8-14-10/h7-9,13H,2-6H2,1H3. The predicted octanol–water partition coefficient (Wildman–Crippen LogP) is 3.15. The summed E-state index contributed by atoms with van der Waals surface area (Å²) in [4.78, 5) is 5.01. The van der Waals surface area contributed by atoms with Crippen molar-refractivity contribution in [2.45, 2.75) is 45.1 Å². The first kappa shape index (κ1) is 10.1. The fraction of sp³-hybridized carbons (Fsp3) is 0.727. The Hall–Kier alpha value is -0.410. The zero-order chi connectivity index (χ0) is 10.0. The number of aliphatic hydroxyl groups excluding tert-OH is 1.